The second-order valence-electron chi connectivity index (χ2n) is 16.6. The van der Waals surface area contributed by atoms with Crippen LogP contribution in [0.5, 0.6) is 0 Å². The summed E-state index contributed by atoms with van der Waals surface area (Å²) in [5.41, 5.74) is 0. The van der Waals surface area contributed by atoms with Crippen LogP contribution in [0.2, 0.25) is 0 Å². The van der Waals surface area contributed by atoms with Gasteiger partial charge in [0.1, 0.15) is 31.0 Å². The van der Waals surface area contributed by atoms with Crippen LogP contribution in [0.15, 0.2) is 85.1 Å². The number of ether oxygens (including phenoxy) is 4. The van der Waals surface area contributed by atoms with Gasteiger partial charge in [-0.25, -0.2) is 0 Å². The minimum atomic E-state index is -1.61. The molecule has 0 spiro atoms. The van der Waals surface area contributed by atoms with Crippen LogP contribution in [0.4, 0.5) is 0 Å². The van der Waals surface area contributed by atoms with Gasteiger partial charge in [0.15, 0.2) is 12.4 Å². The van der Waals surface area contributed by atoms with E-state index in [0.29, 0.717) is 12.8 Å². The molecule has 1 rings (SSSR count). The van der Waals surface area contributed by atoms with Crippen molar-refractivity contribution in [2.45, 2.75) is 218 Å². The van der Waals surface area contributed by atoms with Crippen LogP contribution in [0, 0.1) is 0 Å². The average Bonchev–Trinajstić information content (AvgIpc) is 3.28. The molecule has 63 heavy (non-hydrogen) atoms. The molecule has 4 N–H and O–H groups in total. The van der Waals surface area contributed by atoms with Gasteiger partial charge in [-0.15, -0.1) is 0 Å². The number of allylic oxidation sites excluding steroid dienone is 14. The maximum absolute atomic E-state index is 12.8. The Kier molecular flexibility index (Phi) is 39.3. The minimum absolute atomic E-state index is 0.188. The zero-order chi connectivity index (χ0) is 45.9. The molecule has 1 aliphatic rings. The van der Waals surface area contributed by atoms with Gasteiger partial charge in [0, 0.05) is 12.8 Å². The molecule has 10 heteroatoms. The first-order chi connectivity index (χ1) is 30.8. The van der Waals surface area contributed by atoms with Crippen molar-refractivity contribution in [2.75, 3.05) is 19.8 Å². The highest BCUT2D eigenvalue weighted by molar-refractivity contribution is 5.70. The summed E-state index contributed by atoms with van der Waals surface area (Å²) in [5, 5.41) is 40.1. The molecule has 360 valence electrons. The van der Waals surface area contributed by atoms with Crippen LogP contribution >= 0.6 is 0 Å². The summed E-state index contributed by atoms with van der Waals surface area (Å²) in [5.74, 6) is -0.903. The van der Waals surface area contributed by atoms with Gasteiger partial charge in [-0.1, -0.05) is 163 Å². The Morgan fingerprint density at radius 2 is 0.905 bits per heavy atom. The molecule has 0 bridgehead atoms. The molecule has 1 heterocycles. The standard InChI is InChI=1S/C53H88O10/c1-3-5-7-9-11-13-15-17-19-21-22-23-24-26-27-29-31-33-35-37-39-41-48(55)60-44-46(45-61-53-52(59)51(58)50(57)47(43-54)63-53)62-49(56)42-40-38-36-34-32-30-28-25-20-18-16-14-12-10-8-6-4-2/h12,14,18-21,23-24,27-30,33,35,46-47,50-54,57-59H,3-11,13,15-17,22,25-26,31-32,34,36-45H2,1-2H3/b14-12+,20-18+,21-19+,24-23+,29-27+,30-28+,35-33+/t46-,47-,50+,51?,52?,53-/m0/s1. The molecule has 6 atom stereocenters. The Labute approximate surface area is 382 Å². The lowest BCUT2D eigenvalue weighted by Crippen LogP contribution is -2.59. The topological polar surface area (TPSA) is 152 Å². The maximum Gasteiger partial charge on any atom is 0.306 e. The number of carbonyl (C=O) groups excluding carboxylic acids is 2. The Morgan fingerprint density at radius 1 is 0.492 bits per heavy atom. The smallest absolute Gasteiger partial charge is 0.306 e. The van der Waals surface area contributed by atoms with Gasteiger partial charge >= 0.3 is 11.9 Å². The third-order valence-electron chi connectivity index (χ3n) is 10.8. The van der Waals surface area contributed by atoms with E-state index in [1.807, 2.05) is 6.08 Å². The molecule has 1 aliphatic heterocycles. The second-order valence-corrected chi connectivity index (χ2v) is 16.6. The highest BCUT2D eigenvalue weighted by Gasteiger charge is 2.44. The lowest BCUT2D eigenvalue weighted by molar-refractivity contribution is -0.305. The first kappa shape index (κ1) is 57.9. The summed E-state index contributed by atoms with van der Waals surface area (Å²) >= 11 is 0. The van der Waals surface area contributed by atoms with Crippen molar-refractivity contribution >= 4 is 11.9 Å². The van der Waals surface area contributed by atoms with Gasteiger partial charge in [0.25, 0.3) is 0 Å². The van der Waals surface area contributed by atoms with Crippen molar-refractivity contribution in [1.29, 1.82) is 0 Å². The Hall–Kier alpha value is -3.12. The van der Waals surface area contributed by atoms with Crippen LogP contribution in [0.25, 0.3) is 0 Å². The molecule has 2 unspecified atom stereocenters. The highest BCUT2D eigenvalue weighted by atomic mass is 16.7. The van der Waals surface area contributed by atoms with E-state index in [9.17, 15) is 30.0 Å². The van der Waals surface area contributed by atoms with Crippen molar-refractivity contribution in [2.24, 2.45) is 0 Å². The SMILES string of the molecule is CCCCC/C=C/C/C=C/C/C=C/CCCCCCC(=O)O[C@@H](COC(=O)CCC/C=C/C/C=C/C/C=C/C/C=C/CCCCCCCCC)CO[C@H]1O[C@@H](CO)[C@@H](O)C(O)C1O. The fraction of sp³-hybridized carbons (Fsp3) is 0.698. The second kappa shape index (κ2) is 42.8. The molecule has 1 fully saturated rings. The molecule has 0 amide bonds. The van der Waals surface area contributed by atoms with Gasteiger partial charge < -0.3 is 39.4 Å². The minimum Gasteiger partial charge on any atom is -0.462 e. The van der Waals surface area contributed by atoms with Gasteiger partial charge in [-0.2, -0.15) is 0 Å². The summed E-state index contributed by atoms with van der Waals surface area (Å²) in [4.78, 5) is 25.4. The van der Waals surface area contributed by atoms with Crippen molar-refractivity contribution < 1.29 is 49.0 Å². The van der Waals surface area contributed by atoms with Crippen LogP contribution in [-0.4, -0.2) is 89.0 Å². The van der Waals surface area contributed by atoms with Gasteiger partial charge in [0.2, 0.25) is 0 Å². The molecule has 0 radical (unpaired) electrons. The predicted molar refractivity (Wildman–Crippen MR) is 256 cm³/mol. The molecule has 10 nitrogen and oxygen atoms in total. The summed E-state index contributed by atoms with van der Waals surface area (Å²) in [6, 6.07) is 0. The number of aliphatic hydroxyl groups is 4. The van der Waals surface area contributed by atoms with Crippen LogP contribution < -0.4 is 0 Å². The van der Waals surface area contributed by atoms with E-state index in [1.165, 1.54) is 77.0 Å². The van der Waals surface area contributed by atoms with Crippen LogP contribution in [0.1, 0.15) is 181 Å². The maximum atomic E-state index is 12.8. The quantitative estimate of drug-likeness (QED) is 0.0266. The Morgan fingerprint density at radius 3 is 1.41 bits per heavy atom. The zero-order valence-corrected chi connectivity index (χ0v) is 39.3. The molecule has 0 aliphatic carbocycles. The molecular formula is C53H88O10. The first-order valence-electron chi connectivity index (χ1n) is 24.7. The van der Waals surface area contributed by atoms with Gasteiger partial charge in [0.05, 0.1) is 13.2 Å². The normalized spacial score (nSPS) is 20.3. The molecule has 1 saturated heterocycles. The first-order valence-corrected chi connectivity index (χ1v) is 24.7. The van der Waals surface area contributed by atoms with E-state index >= 15 is 0 Å². The number of aliphatic hydroxyl groups excluding tert-OH is 4. The lowest BCUT2D eigenvalue weighted by atomic mass is 9.99. The fourth-order valence-electron chi connectivity index (χ4n) is 6.83. The van der Waals surface area contributed by atoms with Crippen LogP contribution in [-0.2, 0) is 28.5 Å². The molecule has 0 aromatic heterocycles. The van der Waals surface area contributed by atoms with Crippen LogP contribution in [0.3, 0.4) is 0 Å². The monoisotopic (exact) mass is 885 g/mol. The van der Waals surface area contributed by atoms with Crippen molar-refractivity contribution in [1.82, 2.24) is 0 Å². The number of unbranched alkanes of at least 4 members (excludes halogenated alkanes) is 15. The zero-order valence-electron chi connectivity index (χ0n) is 39.3. The average molecular weight is 885 g/mol. The summed E-state index contributed by atoms with van der Waals surface area (Å²) < 4.78 is 22.1. The molecule has 0 aromatic rings. The Bertz CT molecular complexity index is 1300. The van der Waals surface area contributed by atoms with E-state index in [2.05, 4.69) is 92.8 Å². The molecule has 0 saturated carbocycles. The summed E-state index contributed by atoms with van der Waals surface area (Å²) in [7, 11) is 0. The van der Waals surface area contributed by atoms with E-state index in [1.54, 1.807) is 0 Å². The fourth-order valence-corrected chi connectivity index (χ4v) is 6.83. The lowest BCUT2D eigenvalue weighted by Gasteiger charge is -2.39. The third kappa shape index (κ3) is 34.0. The summed E-state index contributed by atoms with van der Waals surface area (Å²) in [6.07, 6.45) is 48.8. The Balaban J connectivity index is 2.36. The third-order valence-corrected chi connectivity index (χ3v) is 10.8. The molecule has 0 aromatic carbocycles. The number of hydrogen-bond acceptors (Lipinski definition) is 10. The molecular weight excluding hydrogens is 797 g/mol. The van der Waals surface area contributed by atoms with Gasteiger partial charge in [-0.3, -0.25) is 9.59 Å². The van der Waals surface area contributed by atoms with E-state index in [0.717, 1.165) is 64.2 Å². The predicted octanol–water partition coefficient (Wildman–Crippen LogP) is 11.3. The van der Waals surface area contributed by atoms with E-state index in [-0.39, 0.29) is 26.1 Å². The number of rotatable bonds is 40. The van der Waals surface area contributed by atoms with E-state index < -0.39 is 55.4 Å². The number of carbonyl (C=O) groups is 2. The largest absolute Gasteiger partial charge is 0.462 e. The van der Waals surface area contributed by atoms with E-state index in [4.69, 9.17) is 18.9 Å². The van der Waals surface area contributed by atoms with Crippen molar-refractivity contribution in [3.05, 3.63) is 85.1 Å². The number of hydrogen-bond donors (Lipinski definition) is 4. The highest BCUT2D eigenvalue weighted by Crippen LogP contribution is 2.22. The van der Waals surface area contributed by atoms with Crippen molar-refractivity contribution in [3.63, 3.8) is 0 Å². The summed E-state index contributed by atoms with van der Waals surface area (Å²) in [6.45, 7) is 3.31. The van der Waals surface area contributed by atoms with Crippen molar-refractivity contribution in [3.8, 4) is 0 Å². The number of esters is 2. The van der Waals surface area contributed by atoms with Gasteiger partial charge in [-0.05, 0) is 89.9 Å².